The molecule has 170 valence electrons. The van der Waals surface area contributed by atoms with Crippen molar-refractivity contribution in [2.45, 2.75) is 44.6 Å². The predicted molar refractivity (Wildman–Crippen MR) is 118 cm³/mol. The normalized spacial score (nSPS) is 26.8. The van der Waals surface area contributed by atoms with E-state index in [0.29, 0.717) is 35.7 Å². The first-order valence-electron chi connectivity index (χ1n) is 10.9. The van der Waals surface area contributed by atoms with Gasteiger partial charge in [-0.05, 0) is 56.2 Å². The van der Waals surface area contributed by atoms with E-state index in [1.165, 1.54) is 5.01 Å². The van der Waals surface area contributed by atoms with Gasteiger partial charge in [0.1, 0.15) is 23.2 Å². The van der Waals surface area contributed by atoms with Crippen LogP contribution in [0.15, 0.2) is 47.6 Å². The molecule has 3 aliphatic rings. The molecule has 0 aromatic heterocycles. The molecule has 0 spiro atoms. The zero-order chi connectivity index (χ0) is 23.3. The van der Waals surface area contributed by atoms with Crippen LogP contribution in [-0.4, -0.2) is 40.7 Å². The van der Waals surface area contributed by atoms with Gasteiger partial charge < -0.3 is 19.3 Å². The van der Waals surface area contributed by atoms with E-state index < -0.39 is 17.8 Å². The minimum absolute atomic E-state index is 0.0248. The molecule has 1 N–H and O–H groups in total. The van der Waals surface area contributed by atoms with Crippen molar-refractivity contribution in [3.63, 3.8) is 0 Å². The van der Waals surface area contributed by atoms with Crippen molar-refractivity contribution in [1.29, 1.82) is 5.26 Å². The lowest BCUT2D eigenvalue weighted by Gasteiger charge is -2.42. The molecule has 1 saturated carbocycles. The number of rotatable bonds is 4. The molecule has 4 atom stereocenters. The quantitative estimate of drug-likeness (QED) is 0.772. The fourth-order valence-corrected chi connectivity index (χ4v) is 4.37. The summed E-state index contributed by atoms with van der Waals surface area (Å²) in [4.78, 5) is 12.8. The Morgan fingerprint density at radius 3 is 2.70 bits per heavy atom. The van der Waals surface area contributed by atoms with Crippen LogP contribution in [0.4, 0.5) is 0 Å². The highest BCUT2D eigenvalue weighted by Crippen LogP contribution is 2.48. The molecular weight excluding hydrogens is 422 g/mol. The van der Waals surface area contributed by atoms with Gasteiger partial charge in [0.2, 0.25) is 11.8 Å². The van der Waals surface area contributed by atoms with Crippen LogP contribution in [0.1, 0.15) is 43.1 Å². The molecule has 2 aromatic carbocycles. The Morgan fingerprint density at radius 2 is 2.00 bits per heavy atom. The molecule has 2 heterocycles. The van der Waals surface area contributed by atoms with Crippen molar-refractivity contribution in [2.75, 3.05) is 7.11 Å². The Balaban J connectivity index is 1.44. The third-order valence-electron chi connectivity index (χ3n) is 6.46. The average Bonchev–Trinajstić information content (AvgIpc) is 3.61. The third-order valence-corrected chi connectivity index (χ3v) is 6.46. The van der Waals surface area contributed by atoms with Gasteiger partial charge in [0.15, 0.2) is 6.10 Å². The Hall–Kier alpha value is -3.57. The van der Waals surface area contributed by atoms with Gasteiger partial charge in [0, 0.05) is 11.5 Å². The fourth-order valence-electron chi connectivity index (χ4n) is 4.37. The highest BCUT2D eigenvalue weighted by atomic mass is 16.5. The number of amides is 1. The molecule has 8 heteroatoms. The average molecular weight is 447 g/mol. The van der Waals surface area contributed by atoms with Crippen molar-refractivity contribution in [3.8, 4) is 17.6 Å². The molecule has 1 amide bonds. The Bertz CT molecular complexity index is 1170. The highest BCUT2D eigenvalue weighted by Gasteiger charge is 2.55. The van der Waals surface area contributed by atoms with Gasteiger partial charge >= 0.3 is 0 Å². The molecule has 0 radical (unpaired) electrons. The van der Waals surface area contributed by atoms with Gasteiger partial charge in [-0.3, -0.25) is 4.79 Å². The number of nitrogens with zero attached hydrogens (tertiary/aromatic N) is 3. The Labute approximate surface area is 192 Å². The smallest absolute Gasteiger partial charge is 0.247 e. The van der Waals surface area contributed by atoms with Crippen LogP contribution in [0, 0.1) is 23.2 Å². The number of ether oxygens (including phenoxy) is 3. The molecule has 33 heavy (non-hydrogen) atoms. The maximum absolute atomic E-state index is 12.8. The summed E-state index contributed by atoms with van der Waals surface area (Å²) in [6, 6.07) is 14.7. The summed E-state index contributed by atoms with van der Waals surface area (Å²) in [6.07, 6.45) is -1.09. The lowest BCUT2D eigenvalue weighted by Crippen LogP contribution is -2.50. The number of aliphatic hydroxyl groups excluding tert-OH is 1. The van der Waals surface area contributed by atoms with Crippen LogP contribution in [0.2, 0.25) is 0 Å². The zero-order valence-electron chi connectivity index (χ0n) is 18.7. The molecule has 1 aliphatic carbocycles. The molecule has 0 saturated heterocycles. The number of benzene rings is 2. The van der Waals surface area contributed by atoms with E-state index in [1.807, 2.05) is 24.3 Å². The minimum Gasteiger partial charge on any atom is -0.497 e. The monoisotopic (exact) mass is 447 g/mol. The van der Waals surface area contributed by atoms with Gasteiger partial charge in [-0.25, -0.2) is 5.01 Å². The number of methoxy groups -OCH3 is 1. The number of hydrogen-bond donors (Lipinski definition) is 1. The molecule has 8 nitrogen and oxygen atoms in total. The van der Waals surface area contributed by atoms with Crippen molar-refractivity contribution in [1.82, 2.24) is 5.01 Å². The van der Waals surface area contributed by atoms with Gasteiger partial charge in [-0.2, -0.15) is 5.26 Å². The zero-order valence-corrected chi connectivity index (χ0v) is 18.7. The van der Waals surface area contributed by atoms with Crippen LogP contribution in [-0.2, 0) is 16.1 Å². The summed E-state index contributed by atoms with van der Waals surface area (Å²) in [5, 5.41) is 26.4. The standard InChI is InChI=1S/C25H25N3O5/c1-25(2)22(29)21(19-10-15(12-26)6-9-20(19)33-25)32-23-17-11-18(17)24(30)28(27-23)13-14-4-7-16(31-3)8-5-14/h4-10,17-18,21-22,29H,11,13H2,1-3H3. The van der Waals surface area contributed by atoms with Gasteiger partial charge in [-0.1, -0.05) is 12.1 Å². The molecule has 2 aromatic rings. The first-order chi connectivity index (χ1) is 15.8. The summed E-state index contributed by atoms with van der Waals surface area (Å²) in [6.45, 7) is 3.89. The highest BCUT2D eigenvalue weighted by molar-refractivity contribution is 5.96. The molecule has 0 bridgehead atoms. The fraction of sp³-hybridized carbons (Fsp3) is 0.400. The van der Waals surface area contributed by atoms with E-state index >= 15 is 0 Å². The van der Waals surface area contributed by atoms with Crippen LogP contribution < -0.4 is 9.47 Å². The summed E-state index contributed by atoms with van der Waals surface area (Å²) in [7, 11) is 1.61. The largest absolute Gasteiger partial charge is 0.497 e. The number of fused-ring (bicyclic) bond motifs is 2. The van der Waals surface area contributed by atoms with Crippen molar-refractivity contribution in [2.24, 2.45) is 16.9 Å². The van der Waals surface area contributed by atoms with Crippen LogP contribution in [0.5, 0.6) is 11.5 Å². The number of carbonyl (C=O) groups excluding carboxylic acids is 1. The molecule has 4 unspecified atom stereocenters. The van der Waals surface area contributed by atoms with Gasteiger partial charge in [0.25, 0.3) is 0 Å². The third kappa shape index (κ3) is 3.79. The minimum atomic E-state index is -0.994. The summed E-state index contributed by atoms with van der Waals surface area (Å²) < 4.78 is 17.5. The molecule has 2 aliphatic heterocycles. The van der Waals surface area contributed by atoms with Crippen molar-refractivity contribution >= 4 is 11.8 Å². The second-order valence-corrected chi connectivity index (χ2v) is 9.18. The number of nitriles is 1. The Morgan fingerprint density at radius 1 is 1.24 bits per heavy atom. The van der Waals surface area contributed by atoms with Crippen LogP contribution in [0.3, 0.4) is 0 Å². The van der Waals surface area contributed by atoms with E-state index in [0.717, 1.165) is 11.3 Å². The van der Waals surface area contributed by atoms with Crippen molar-refractivity contribution < 1.29 is 24.1 Å². The topological polar surface area (TPSA) is 104 Å². The number of hydrogen-bond acceptors (Lipinski definition) is 7. The Kier molecular flexibility index (Phi) is 5.02. The molecule has 5 rings (SSSR count). The lowest BCUT2D eigenvalue weighted by molar-refractivity contribution is -0.135. The van der Waals surface area contributed by atoms with Crippen LogP contribution >= 0.6 is 0 Å². The number of aliphatic hydroxyl groups is 1. The summed E-state index contributed by atoms with van der Waals surface area (Å²) in [5.74, 6) is 1.46. The first kappa shape index (κ1) is 21.3. The van der Waals surface area contributed by atoms with E-state index in [-0.39, 0.29) is 17.7 Å². The summed E-state index contributed by atoms with van der Waals surface area (Å²) >= 11 is 0. The van der Waals surface area contributed by atoms with E-state index in [4.69, 9.17) is 14.2 Å². The van der Waals surface area contributed by atoms with E-state index in [2.05, 4.69) is 11.2 Å². The lowest BCUT2D eigenvalue weighted by atomic mass is 9.87. The predicted octanol–water partition coefficient (Wildman–Crippen LogP) is 3.15. The summed E-state index contributed by atoms with van der Waals surface area (Å²) in [5.41, 5.74) is 1.06. The maximum Gasteiger partial charge on any atom is 0.247 e. The number of carbonyl (C=O) groups is 1. The SMILES string of the molecule is COc1ccc(CN2N=C(OC3c4cc(C#N)ccc4OC(C)(C)C3O)C3CC3C2=O)cc1. The molecule has 1 fully saturated rings. The van der Waals surface area contributed by atoms with Gasteiger partial charge in [0.05, 0.1) is 31.2 Å². The second-order valence-electron chi connectivity index (χ2n) is 9.18. The van der Waals surface area contributed by atoms with E-state index in [9.17, 15) is 15.2 Å². The number of hydrazone groups is 1. The van der Waals surface area contributed by atoms with Crippen molar-refractivity contribution in [3.05, 3.63) is 59.2 Å². The maximum atomic E-state index is 12.8. The second kappa shape index (κ2) is 7.78. The van der Waals surface area contributed by atoms with Gasteiger partial charge in [-0.15, -0.1) is 5.10 Å². The van der Waals surface area contributed by atoms with E-state index in [1.54, 1.807) is 39.2 Å². The first-order valence-corrected chi connectivity index (χ1v) is 10.9. The molecular formula is C25H25N3O5. The van der Waals surface area contributed by atoms with Crippen LogP contribution in [0.25, 0.3) is 0 Å².